The van der Waals surface area contributed by atoms with Gasteiger partial charge in [-0.05, 0) is 48.7 Å². The van der Waals surface area contributed by atoms with Gasteiger partial charge < -0.3 is 15.4 Å². The molecule has 6 heteroatoms. The minimum atomic E-state index is -0.605. The summed E-state index contributed by atoms with van der Waals surface area (Å²) in [6, 6.07) is 23.6. The number of anilines is 2. The number of hydrogen-bond acceptors (Lipinski definition) is 4. The Balaban J connectivity index is 1.32. The third-order valence-electron chi connectivity index (χ3n) is 4.96. The van der Waals surface area contributed by atoms with Crippen LogP contribution in [-0.2, 0) is 14.3 Å². The molecule has 0 unspecified atom stereocenters. The Kier molecular flexibility index (Phi) is 6.08. The van der Waals surface area contributed by atoms with Gasteiger partial charge in [-0.25, -0.2) is 4.79 Å². The predicted octanol–water partition coefficient (Wildman–Crippen LogP) is 4.50. The predicted molar refractivity (Wildman–Crippen MR) is 119 cm³/mol. The van der Waals surface area contributed by atoms with Gasteiger partial charge in [-0.3, -0.25) is 9.59 Å². The van der Waals surface area contributed by atoms with E-state index in [1.807, 2.05) is 48.5 Å². The number of carbonyl (C=O) groups excluding carboxylic acids is 3. The Morgan fingerprint density at radius 1 is 0.806 bits per heavy atom. The van der Waals surface area contributed by atoms with Crippen LogP contribution in [0.15, 0.2) is 78.9 Å². The zero-order valence-corrected chi connectivity index (χ0v) is 16.8. The normalized spacial score (nSPS) is 12.6. The first-order chi connectivity index (χ1) is 15.1. The molecule has 1 aliphatic rings. The van der Waals surface area contributed by atoms with Crippen molar-refractivity contribution < 1.29 is 19.1 Å². The Morgan fingerprint density at radius 2 is 1.48 bits per heavy atom. The van der Waals surface area contributed by atoms with E-state index in [0.717, 1.165) is 24.0 Å². The molecule has 3 aromatic carbocycles. The number of carbonyl (C=O) groups is 3. The van der Waals surface area contributed by atoms with Crippen molar-refractivity contribution in [3.8, 4) is 11.1 Å². The molecule has 156 valence electrons. The molecular weight excluding hydrogens is 392 g/mol. The molecule has 0 aliphatic heterocycles. The van der Waals surface area contributed by atoms with Crippen molar-refractivity contribution in [1.29, 1.82) is 0 Å². The van der Waals surface area contributed by atoms with E-state index in [2.05, 4.69) is 10.6 Å². The molecule has 2 N–H and O–H groups in total. The lowest BCUT2D eigenvalue weighted by atomic mass is 10.0. The van der Waals surface area contributed by atoms with E-state index in [-0.39, 0.29) is 11.8 Å². The number of benzene rings is 3. The van der Waals surface area contributed by atoms with E-state index in [9.17, 15) is 14.4 Å². The fraction of sp³-hybridized carbons (Fsp3) is 0.160. The average Bonchev–Trinajstić information content (AvgIpc) is 3.65. The fourth-order valence-corrected chi connectivity index (χ4v) is 3.14. The molecule has 6 nitrogen and oxygen atoms in total. The molecule has 4 rings (SSSR count). The zero-order chi connectivity index (χ0) is 21.6. The monoisotopic (exact) mass is 414 g/mol. The summed E-state index contributed by atoms with van der Waals surface area (Å²) in [4.78, 5) is 36.4. The van der Waals surface area contributed by atoms with Crippen LogP contribution >= 0.6 is 0 Å². The van der Waals surface area contributed by atoms with Crippen molar-refractivity contribution in [1.82, 2.24) is 0 Å². The fourth-order valence-electron chi connectivity index (χ4n) is 3.14. The van der Waals surface area contributed by atoms with Gasteiger partial charge >= 0.3 is 5.97 Å². The highest BCUT2D eigenvalue weighted by atomic mass is 16.5. The Hall–Kier alpha value is -3.93. The maximum absolute atomic E-state index is 12.3. The molecule has 0 saturated heterocycles. The van der Waals surface area contributed by atoms with Crippen molar-refractivity contribution in [2.45, 2.75) is 12.8 Å². The molecule has 0 spiro atoms. The molecule has 0 aromatic heterocycles. The van der Waals surface area contributed by atoms with Crippen molar-refractivity contribution in [3.63, 3.8) is 0 Å². The molecule has 1 fully saturated rings. The molecular formula is C25H22N2O4. The largest absolute Gasteiger partial charge is 0.452 e. The molecule has 31 heavy (non-hydrogen) atoms. The number of hydrogen-bond donors (Lipinski definition) is 2. The highest BCUT2D eigenvalue weighted by Gasteiger charge is 2.29. The molecule has 2 amide bonds. The van der Waals surface area contributed by atoms with Gasteiger partial charge in [0.2, 0.25) is 5.91 Å². The van der Waals surface area contributed by atoms with Crippen LogP contribution in [0.2, 0.25) is 0 Å². The molecule has 0 heterocycles. The third kappa shape index (κ3) is 5.36. The Labute approximate surface area is 180 Å². The van der Waals surface area contributed by atoms with E-state index in [4.69, 9.17) is 4.74 Å². The van der Waals surface area contributed by atoms with Gasteiger partial charge in [0, 0.05) is 22.9 Å². The second-order valence-electron chi connectivity index (χ2n) is 7.38. The van der Waals surface area contributed by atoms with Crippen molar-refractivity contribution in [2.24, 2.45) is 5.92 Å². The van der Waals surface area contributed by atoms with Gasteiger partial charge in [0.25, 0.3) is 5.91 Å². The maximum Gasteiger partial charge on any atom is 0.338 e. The first-order valence-electron chi connectivity index (χ1n) is 10.1. The summed E-state index contributed by atoms with van der Waals surface area (Å²) in [5.41, 5.74) is 3.44. The summed E-state index contributed by atoms with van der Waals surface area (Å²) in [6.45, 7) is -0.401. The highest BCUT2D eigenvalue weighted by molar-refractivity contribution is 5.98. The first-order valence-corrected chi connectivity index (χ1v) is 10.1. The van der Waals surface area contributed by atoms with Crippen molar-refractivity contribution in [2.75, 3.05) is 17.2 Å². The summed E-state index contributed by atoms with van der Waals surface area (Å²) in [6.07, 6.45) is 1.85. The summed E-state index contributed by atoms with van der Waals surface area (Å²) < 4.78 is 5.14. The quantitative estimate of drug-likeness (QED) is 0.558. The summed E-state index contributed by atoms with van der Waals surface area (Å²) in [5, 5.41) is 5.61. The van der Waals surface area contributed by atoms with Crippen molar-refractivity contribution >= 4 is 29.2 Å². The van der Waals surface area contributed by atoms with Crippen LogP contribution in [0, 0.1) is 5.92 Å². The number of esters is 1. The number of ether oxygens (including phenoxy) is 1. The van der Waals surface area contributed by atoms with Gasteiger partial charge in [-0.2, -0.15) is 0 Å². The summed E-state index contributed by atoms with van der Waals surface area (Å²) in [7, 11) is 0. The van der Waals surface area contributed by atoms with Gasteiger partial charge in [0.15, 0.2) is 6.61 Å². The van der Waals surface area contributed by atoms with Crippen molar-refractivity contribution in [3.05, 3.63) is 84.4 Å². The lowest BCUT2D eigenvalue weighted by molar-refractivity contribution is -0.119. The van der Waals surface area contributed by atoms with E-state index in [0.29, 0.717) is 16.9 Å². The Bertz CT molecular complexity index is 1090. The van der Waals surface area contributed by atoms with Crippen LogP contribution in [0.4, 0.5) is 11.4 Å². The highest BCUT2D eigenvalue weighted by Crippen LogP contribution is 2.30. The van der Waals surface area contributed by atoms with Gasteiger partial charge in [0.05, 0.1) is 5.56 Å². The van der Waals surface area contributed by atoms with Crippen LogP contribution in [0.25, 0.3) is 11.1 Å². The molecule has 1 saturated carbocycles. The Morgan fingerprint density at radius 3 is 2.19 bits per heavy atom. The number of nitrogens with one attached hydrogen (secondary N) is 2. The van der Waals surface area contributed by atoms with Gasteiger partial charge in [0.1, 0.15) is 0 Å². The van der Waals surface area contributed by atoms with Crippen LogP contribution < -0.4 is 10.6 Å². The lowest BCUT2D eigenvalue weighted by Crippen LogP contribution is -2.21. The van der Waals surface area contributed by atoms with Crippen LogP contribution in [0.5, 0.6) is 0 Å². The van der Waals surface area contributed by atoms with E-state index in [1.165, 1.54) is 0 Å². The van der Waals surface area contributed by atoms with Gasteiger partial charge in [-0.1, -0.05) is 48.5 Å². The smallest absolute Gasteiger partial charge is 0.338 e. The second kappa shape index (κ2) is 9.26. The molecule has 0 radical (unpaired) electrons. The molecule has 1 aliphatic carbocycles. The molecule has 0 bridgehead atoms. The standard InChI is InChI=1S/C25H22N2O4/c28-23(27-22-9-5-4-8-21(22)17-6-2-1-3-7-17)16-31-25(30)19-12-14-20(15-13-19)26-24(29)18-10-11-18/h1-9,12-15,18H,10-11,16H2,(H,26,29)(H,27,28). The lowest BCUT2D eigenvalue weighted by Gasteiger charge is -2.12. The second-order valence-corrected chi connectivity index (χ2v) is 7.38. The van der Waals surface area contributed by atoms with E-state index >= 15 is 0 Å². The minimum absolute atomic E-state index is 0.00258. The average molecular weight is 414 g/mol. The number of amides is 2. The number of para-hydroxylation sites is 1. The first kappa shape index (κ1) is 20.3. The third-order valence-corrected chi connectivity index (χ3v) is 4.96. The minimum Gasteiger partial charge on any atom is -0.452 e. The van der Waals surface area contributed by atoms with Gasteiger partial charge in [-0.15, -0.1) is 0 Å². The maximum atomic E-state index is 12.3. The van der Waals surface area contributed by atoms with Crippen LogP contribution in [0.3, 0.4) is 0 Å². The number of rotatable bonds is 7. The molecule has 0 atom stereocenters. The molecule has 3 aromatic rings. The summed E-state index contributed by atoms with van der Waals surface area (Å²) >= 11 is 0. The van der Waals surface area contributed by atoms with Crippen LogP contribution in [-0.4, -0.2) is 24.4 Å². The SMILES string of the molecule is O=C(COC(=O)c1ccc(NC(=O)C2CC2)cc1)Nc1ccccc1-c1ccccc1. The van der Waals surface area contributed by atoms with Crippen LogP contribution in [0.1, 0.15) is 23.2 Å². The van der Waals surface area contributed by atoms with E-state index in [1.54, 1.807) is 30.3 Å². The topological polar surface area (TPSA) is 84.5 Å². The summed E-state index contributed by atoms with van der Waals surface area (Å²) in [5.74, 6) is -0.922. The zero-order valence-electron chi connectivity index (χ0n) is 16.8. The van der Waals surface area contributed by atoms with E-state index < -0.39 is 18.5 Å².